The van der Waals surface area contributed by atoms with Gasteiger partial charge in [0.25, 0.3) is 0 Å². The molecule has 7 heteroatoms. The molecule has 0 radical (unpaired) electrons. The number of carbonyl (C=O) groups is 1. The van der Waals surface area contributed by atoms with E-state index >= 15 is 0 Å². The van der Waals surface area contributed by atoms with Crippen LogP contribution in [-0.4, -0.2) is 12.6 Å². The Morgan fingerprint density at radius 3 is 2.09 bits per heavy atom. The zero-order valence-corrected chi connectivity index (χ0v) is 17.1. The van der Waals surface area contributed by atoms with Crippen molar-refractivity contribution in [3.63, 3.8) is 0 Å². The van der Waals surface area contributed by atoms with Gasteiger partial charge in [0.2, 0.25) is 5.75 Å². The van der Waals surface area contributed by atoms with Crippen LogP contribution in [0.3, 0.4) is 0 Å². The van der Waals surface area contributed by atoms with E-state index in [2.05, 4.69) is 23.5 Å². The molecule has 0 atom stereocenters. The van der Waals surface area contributed by atoms with E-state index in [1.165, 1.54) is 0 Å². The van der Waals surface area contributed by atoms with Gasteiger partial charge in [-0.05, 0) is 61.0 Å². The van der Waals surface area contributed by atoms with E-state index in [1.54, 1.807) is 24.3 Å². The third-order valence-corrected chi connectivity index (χ3v) is 4.32. The molecule has 0 unspecified atom stereocenters. The molecule has 0 N–H and O–H groups in total. The molecule has 3 nitrogen and oxygen atoms in total. The van der Waals surface area contributed by atoms with Crippen molar-refractivity contribution in [3.05, 3.63) is 94.6 Å². The third-order valence-electron chi connectivity index (χ3n) is 4.32. The summed E-state index contributed by atoms with van der Waals surface area (Å²) in [6.45, 7) is 2.68. The lowest BCUT2D eigenvalue weighted by atomic mass is 10.1. The van der Waals surface area contributed by atoms with Gasteiger partial charge < -0.3 is 9.47 Å². The second-order valence-electron chi connectivity index (χ2n) is 6.76. The summed E-state index contributed by atoms with van der Waals surface area (Å²) in [5, 5.41) is 0. The van der Waals surface area contributed by atoms with E-state index in [9.17, 15) is 22.4 Å². The van der Waals surface area contributed by atoms with Gasteiger partial charge in [0.05, 0.1) is 12.2 Å². The fourth-order valence-electron chi connectivity index (χ4n) is 2.62. The van der Waals surface area contributed by atoms with Crippen LogP contribution in [0.4, 0.5) is 17.6 Å². The number of ether oxygens (including phenoxy) is 2. The maximum absolute atomic E-state index is 14.3. The van der Waals surface area contributed by atoms with Crippen LogP contribution in [0.25, 0.3) is 0 Å². The van der Waals surface area contributed by atoms with Crippen molar-refractivity contribution in [3.8, 4) is 23.3 Å². The molecule has 0 fully saturated rings. The fraction of sp³-hybridized carbons (Fsp3) is 0.160. The molecule has 32 heavy (non-hydrogen) atoms. The summed E-state index contributed by atoms with van der Waals surface area (Å²) >= 11 is 0. The highest BCUT2D eigenvalue weighted by molar-refractivity contribution is 5.91. The van der Waals surface area contributed by atoms with Gasteiger partial charge in [-0.15, -0.1) is 0 Å². The Kier molecular flexibility index (Phi) is 7.50. The average molecular weight is 442 g/mol. The van der Waals surface area contributed by atoms with Gasteiger partial charge in [0, 0.05) is 11.1 Å². The number of halogens is 4. The van der Waals surface area contributed by atoms with Crippen LogP contribution in [0.15, 0.2) is 54.6 Å². The van der Waals surface area contributed by atoms with Gasteiger partial charge in [0.1, 0.15) is 5.75 Å². The van der Waals surface area contributed by atoms with Gasteiger partial charge in [-0.1, -0.05) is 25.2 Å². The van der Waals surface area contributed by atoms with Crippen molar-refractivity contribution in [1.29, 1.82) is 0 Å². The summed E-state index contributed by atoms with van der Waals surface area (Å²) in [5.74, 6) is -0.846. The predicted octanol–water partition coefficient (Wildman–Crippen LogP) is 6.04. The van der Waals surface area contributed by atoms with Crippen LogP contribution in [0, 0.1) is 35.1 Å². The maximum atomic E-state index is 14.3. The Morgan fingerprint density at radius 1 is 0.812 bits per heavy atom. The highest BCUT2D eigenvalue weighted by atomic mass is 19.2. The first-order valence-electron chi connectivity index (χ1n) is 9.78. The molecular formula is C25H18F4O3. The van der Waals surface area contributed by atoms with Crippen LogP contribution >= 0.6 is 0 Å². The van der Waals surface area contributed by atoms with E-state index in [0.717, 1.165) is 31.0 Å². The van der Waals surface area contributed by atoms with E-state index in [4.69, 9.17) is 4.74 Å². The summed E-state index contributed by atoms with van der Waals surface area (Å²) in [7, 11) is 0. The first kappa shape index (κ1) is 22.9. The van der Waals surface area contributed by atoms with Gasteiger partial charge in [-0.2, -0.15) is 0 Å². The molecule has 0 spiro atoms. The Hall–Kier alpha value is -3.79. The highest BCUT2D eigenvalue weighted by Gasteiger charge is 2.18. The Labute approximate surface area is 182 Å². The molecule has 3 aromatic carbocycles. The van der Waals surface area contributed by atoms with Gasteiger partial charge in [-0.25, -0.2) is 22.4 Å². The number of esters is 1. The first-order valence-corrected chi connectivity index (χ1v) is 9.78. The van der Waals surface area contributed by atoms with E-state index in [0.29, 0.717) is 30.1 Å². The monoisotopic (exact) mass is 442 g/mol. The van der Waals surface area contributed by atoms with E-state index < -0.39 is 40.6 Å². The number of hydrogen-bond acceptors (Lipinski definition) is 3. The zero-order chi connectivity index (χ0) is 23.1. The van der Waals surface area contributed by atoms with Crippen LogP contribution in [0.1, 0.15) is 41.3 Å². The van der Waals surface area contributed by atoms with Crippen molar-refractivity contribution >= 4 is 5.97 Å². The van der Waals surface area contributed by atoms with Crippen molar-refractivity contribution in [2.45, 2.75) is 19.8 Å². The number of benzene rings is 3. The minimum absolute atomic E-state index is 0.0240. The summed E-state index contributed by atoms with van der Waals surface area (Å²) < 4.78 is 65.1. The molecule has 0 aliphatic carbocycles. The minimum atomic E-state index is -1.29. The normalized spacial score (nSPS) is 10.3. The largest absolute Gasteiger partial charge is 0.494 e. The lowest BCUT2D eigenvalue weighted by molar-refractivity contribution is 0.0719. The second-order valence-corrected chi connectivity index (χ2v) is 6.76. The number of rotatable bonds is 6. The molecule has 0 amide bonds. The summed E-state index contributed by atoms with van der Waals surface area (Å²) in [6.07, 6.45) is 1.98. The van der Waals surface area contributed by atoms with Crippen molar-refractivity contribution in [2.24, 2.45) is 0 Å². The molecule has 0 saturated heterocycles. The van der Waals surface area contributed by atoms with Crippen LogP contribution in [0.2, 0.25) is 0 Å². The van der Waals surface area contributed by atoms with Gasteiger partial charge in [0.15, 0.2) is 23.3 Å². The second kappa shape index (κ2) is 10.5. The van der Waals surface area contributed by atoms with Crippen molar-refractivity contribution in [2.75, 3.05) is 6.61 Å². The Bertz CT molecular complexity index is 1160. The molecule has 0 saturated carbocycles. The van der Waals surface area contributed by atoms with Crippen molar-refractivity contribution in [1.82, 2.24) is 0 Å². The topological polar surface area (TPSA) is 35.5 Å². The van der Waals surface area contributed by atoms with E-state index in [1.807, 2.05) is 0 Å². The van der Waals surface area contributed by atoms with Crippen LogP contribution < -0.4 is 9.47 Å². The SMILES string of the molecule is CCCCOc1ccc(C#Cc2cc(F)c(OC(=O)c3ccc(F)c(F)c3)c(F)c2)cc1. The number of carbonyl (C=O) groups excluding carboxylic acids is 1. The van der Waals surface area contributed by atoms with E-state index in [-0.39, 0.29) is 5.56 Å². The van der Waals surface area contributed by atoms with Gasteiger partial charge >= 0.3 is 5.97 Å². The third kappa shape index (κ3) is 5.88. The number of unbranched alkanes of at least 4 members (excludes halogenated alkanes) is 1. The summed E-state index contributed by atoms with van der Waals surface area (Å²) in [4.78, 5) is 12.0. The molecular weight excluding hydrogens is 424 g/mol. The average Bonchev–Trinajstić information content (AvgIpc) is 2.77. The lowest BCUT2D eigenvalue weighted by Crippen LogP contribution is -2.11. The predicted molar refractivity (Wildman–Crippen MR) is 110 cm³/mol. The molecule has 3 rings (SSSR count). The molecule has 0 bridgehead atoms. The molecule has 0 aliphatic rings. The summed E-state index contributed by atoms with van der Waals surface area (Å²) in [6, 6.07) is 11.0. The summed E-state index contributed by atoms with van der Waals surface area (Å²) in [5.41, 5.74) is 0.243. The maximum Gasteiger partial charge on any atom is 0.343 e. The molecule has 3 aromatic rings. The molecule has 0 aliphatic heterocycles. The Morgan fingerprint density at radius 2 is 1.47 bits per heavy atom. The molecule has 0 heterocycles. The standard InChI is InChI=1S/C25H18F4O3/c1-2-3-12-31-19-9-6-16(7-10-19)4-5-17-13-22(28)24(23(29)14-17)32-25(30)18-8-11-20(26)21(27)15-18/h6-11,13-15H,2-3,12H2,1H3. The Balaban J connectivity index is 1.72. The van der Waals surface area contributed by atoms with Gasteiger partial charge in [-0.3, -0.25) is 0 Å². The smallest absolute Gasteiger partial charge is 0.343 e. The fourth-order valence-corrected chi connectivity index (χ4v) is 2.62. The lowest BCUT2D eigenvalue weighted by Gasteiger charge is -2.07. The number of hydrogen-bond donors (Lipinski definition) is 0. The molecule has 164 valence electrons. The van der Waals surface area contributed by atoms with Crippen LogP contribution in [-0.2, 0) is 0 Å². The quantitative estimate of drug-likeness (QED) is 0.154. The first-order chi connectivity index (χ1) is 15.4. The van der Waals surface area contributed by atoms with Crippen molar-refractivity contribution < 1.29 is 31.8 Å². The highest BCUT2D eigenvalue weighted by Crippen LogP contribution is 2.24. The minimum Gasteiger partial charge on any atom is -0.494 e. The van der Waals surface area contributed by atoms with Crippen LogP contribution in [0.5, 0.6) is 11.5 Å². The molecule has 0 aromatic heterocycles. The zero-order valence-electron chi connectivity index (χ0n) is 17.1.